The molecule has 0 spiro atoms. The zero-order chi connectivity index (χ0) is 12.1. The van der Waals surface area contributed by atoms with Gasteiger partial charge in [0.05, 0.1) is 13.2 Å². The molecular formula is C13H27N3O. The summed E-state index contributed by atoms with van der Waals surface area (Å²) in [4.78, 5) is 4.91. The number of ether oxygens (including phenoxy) is 1. The Balaban J connectivity index is 1.64. The number of likely N-dealkylation sites (tertiary alicyclic amines) is 1. The van der Waals surface area contributed by atoms with Crippen molar-refractivity contribution < 1.29 is 4.74 Å². The molecule has 2 aliphatic rings. The molecule has 0 aromatic heterocycles. The maximum atomic E-state index is 5.50. The maximum Gasteiger partial charge on any atom is 0.0632 e. The molecule has 4 heteroatoms. The summed E-state index contributed by atoms with van der Waals surface area (Å²) in [6.45, 7) is 7.71. The number of nitrogens with one attached hydrogen (secondary N) is 1. The van der Waals surface area contributed by atoms with E-state index in [0.29, 0.717) is 6.04 Å². The molecule has 0 aromatic rings. The average Bonchev–Trinajstić information content (AvgIpc) is 2.32. The first-order valence-electron chi connectivity index (χ1n) is 6.92. The van der Waals surface area contributed by atoms with E-state index in [9.17, 15) is 0 Å². The monoisotopic (exact) mass is 241 g/mol. The van der Waals surface area contributed by atoms with Gasteiger partial charge in [-0.1, -0.05) is 0 Å². The summed E-state index contributed by atoms with van der Waals surface area (Å²) in [5.41, 5.74) is 0. The number of morpholine rings is 1. The van der Waals surface area contributed by atoms with Crippen molar-refractivity contribution in [2.75, 3.05) is 60.0 Å². The summed E-state index contributed by atoms with van der Waals surface area (Å²) in [6, 6.07) is 0.550. The Kier molecular flexibility index (Phi) is 5.22. The second-order valence-corrected chi connectivity index (χ2v) is 5.73. The van der Waals surface area contributed by atoms with E-state index in [2.05, 4.69) is 29.2 Å². The minimum Gasteiger partial charge on any atom is -0.378 e. The van der Waals surface area contributed by atoms with Crippen molar-refractivity contribution in [3.8, 4) is 0 Å². The third kappa shape index (κ3) is 4.54. The van der Waals surface area contributed by atoms with E-state index in [-0.39, 0.29) is 0 Å². The van der Waals surface area contributed by atoms with Gasteiger partial charge in [-0.3, -0.25) is 0 Å². The van der Waals surface area contributed by atoms with Crippen LogP contribution in [0.2, 0.25) is 0 Å². The van der Waals surface area contributed by atoms with Crippen molar-refractivity contribution >= 4 is 0 Å². The molecule has 1 atom stereocenters. The van der Waals surface area contributed by atoms with Crippen molar-refractivity contribution in [2.24, 2.45) is 5.92 Å². The molecule has 2 fully saturated rings. The molecule has 4 nitrogen and oxygen atoms in total. The van der Waals surface area contributed by atoms with E-state index in [1.54, 1.807) is 0 Å². The van der Waals surface area contributed by atoms with Gasteiger partial charge < -0.3 is 19.9 Å². The van der Waals surface area contributed by atoms with Crippen LogP contribution in [0.25, 0.3) is 0 Å². The molecule has 2 heterocycles. The smallest absolute Gasteiger partial charge is 0.0632 e. The van der Waals surface area contributed by atoms with Gasteiger partial charge in [0.15, 0.2) is 0 Å². The molecule has 100 valence electrons. The average molecular weight is 241 g/mol. The van der Waals surface area contributed by atoms with Crippen LogP contribution < -0.4 is 5.32 Å². The Morgan fingerprint density at radius 2 is 2.06 bits per heavy atom. The van der Waals surface area contributed by atoms with E-state index < -0.39 is 0 Å². The highest BCUT2D eigenvalue weighted by Gasteiger charge is 2.22. The molecule has 1 N–H and O–H groups in total. The number of hydrogen-bond acceptors (Lipinski definition) is 4. The fraction of sp³-hybridized carbons (Fsp3) is 1.00. The molecular weight excluding hydrogens is 214 g/mol. The van der Waals surface area contributed by atoms with E-state index in [1.165, 1.54) is 32.5 Å². The summed E-state index contributed by atoms with van der Waals surface area (Å²) in [5.74, 6) is 0.900. The van der Waals surface area contributed by atoms with Gasteiger partial charge in [0, 0.05) is 25.7 Å². The van der Waals surface area contributed by atoms with Gasteiger partial charge in [0.25, 0.3) is 0 Å². The lowest BCUT2D eigenvalue weighted by atomic mass is 9.96. The fourth-order valence-corrected chi connectivity index (χ4v) is 2.92. The van der Waals surface area contributed by atoms with E-state index in [0.717, 1.165) is 32.2 Å². The van der Waals surface area contributed by atoms with E-state index in [4.69, 9.17) is 4.74 Å². The van der Waals surface area contributed by atoms with Crippen molar-refractivity contribution in [2.45, 2.75) is 18.9 Å². The van der Waals surface area contributed by atoms with Crippen LogP contribution in [0.4, 0.5) is 0 Å². The molecule has 0 amide bonds. The zero-order valence-corrected chi connectivity index (χ0v) is 11.3. The van der Waals surface area contributed by atoms with Gasteiger partial charge in [-0.25, -0.2) is 0 Å². The van der Waals surface area contributed by atoms with Crippen LogP contribution in [0.5, 0.6) is 0 Å². The Morgan fingerprint density at radius 3 is 2.65 bits per heavy atom. The van der Waals surface area contributed by atoms with Gasteiger partial charge >= 0.3 is 0 Å². The Morgan fingerprint density at radius 1 is 1.29 bits per heavy atom. The summed E-state index contributed by atoms with van der Waals surface area (Å²) in [7, 11) is 4.35. The molecule has 1 unspecified atom stereocenters. The highest BCUT2D eigenvalue weighted by atomic mass is 16.5. The Bertz CT molecular complexity index is 209. The molecule has 17 heavy (non-hydrogen) atoms. The zero-order valence-electron chi connectivity index (χ0n) is 11.3. The number of rotatable bonds is 4. The largest absolute Gasteiger partial charge is 0.378 e. The van der Waals surface area contributed by atoms with Crippen molar-refractivity contribution in [1.82, 2.24) is 15.1 Å². The van der Waals surface area contributed by atoms with Gasteiger partial charge in [-0.05, 0) is 45.9 Å². The van der Waals surface area contributed by atoms with Crippen molar-refractivity contribution in [1.29, 1.82) is 0 Å². The maximum absolute atomic E-state index is 5.50. The standard InChI is InChI=1S/C13H27N3O/c1-15(2)9-12-3-6-16(7-4-12)10-13-11-17-8-5-14-13/h12-14H,3-11H2,1-2H3. The second-order valence-electron chi connectivity index (χ2n) is 5.73. The van der Waals surface area contributed by atoms with Crippen LogP contribution in [-0.2, 0) is 4.74 Å². The van der Waals surface area contributed by atoms with Crippen LogP contribution in [0.15, 0.2) is 0 Å². The van der Waals surface area contributed by atoms with Gasteiger partial charge in [-0.15, -0.1) is 0 Å². The lowest BCUT2D eigenvalue weighted by Gasteiger charge is -2.36. The molecule has 2 saturated heterocycles. The number of hydrogen-bond donors (Lipinski definition) is 1. The molecule has 2 rings (SSSR count). The quantitative estimate of drug-likeness (QED) is 0.763. The van der Waals surface area contributed by atoms with E-state index in [1.807, 2.05) is 0 Å². The third-order valence-electron chi connectivity index (χ3n) is 3.81. The SMILES string of the molecule is CN(C)CC1CCN(CC2COCCN2)CC1. The molecule has 2 aliphatic heterocycles. The molecule has 0 saturated carbocycles. The Hall–Kier alpha value is -0.160. The number of piperidine rings is 1. The summed E-state index contributed by atoms with van der Waals surface area (Å²) < 4.78 is 5.50. The molecule has 0 bridgehead atoms. The highest BCUT2D eigenvalue weighted by Crippen LogP contribution is 2.17. The van der Waals surface area contributed by atoms with Crippen molar-refractivity contribution in [3.63, 3.8) is 0 Å². The first-order chi connectivity index (χ1) is 8.24. The Labute approximate surface area is 105 Å². The molecule has 0 radical (unpaired) electrons. The van der Waals surface area contributed by atoms with Crippen LogP contribution in [0.3, 0.4) is 0 Å². The van der Waals surface area contributed by atoms with Gasteiger partial charge in [-0.2, -0.15) is 0 Å². The predicted molar refractivity (Wildman–Crippen MR) is 70.3 cm³/mol. The second kappa shape index (κ2) is 6.69. The van der Waals surface area contributed by atoms with E-state index >= 15 is 0 Å². The lowest BCUT2D eigenvalue weighted by Crippen LogP contribution is -2.50. The summed E-state index contributed by atoms with van der Waals surface area (Å²) in [6.07, 6.45) is 2.71. The van der Waals surface area contributed by atoms with Crippen LogP contribution in [0.1, 0.15) is 12.8 Å². The first kappa shape index (κ1) is 13.3. The normalized spacial score (nSPS) is 28.8. The first-order valence-corrected chi connectivity index (χ1v) is 6.92. The number of nitrogens with zero attached hydrogens (tertiary/aromatic N) is 2. The highest BCUT2D eigenvalue weighted by molar-refractivity contribution is 4.79. The lowest BCUT2D eigenvalue weighted by molar-refractivity contribution is 0.0543. The van der Waals surface area contributed by atoms with Crippen LogP contribution in [-0.4, -0.2) is 75.9 Å². The topological polar surface area (TPSA) is 27.7 Å². The van der Waals surface area contributed by atoms with Crippen LogP contribution >= 0.6 is 0 Å². The molecule has 0 aromatic carbocycles. The fourth-order valence-electron chi connectivity index (χ4n) is 2.92. The van der Waals surface area contributed by atoms with Crippen molar-refractivity contribution in [3.05, 3.63) is 0 Å². The molecule has 0 aliphatic carbocycles. The van der Waals surface area contributed by atoms with Gasteiger partial charge in [0.2, 0.25) is 0 Å². The third-order valence-corrected chi connectivity index (χ3v) is 3.81. The minimum atomic E-state index is 0.550. The predicted octanol–water partition coefficient (Wildman–Crippen LogP) is 0.248. The minimum absolute atomic E-state index is 0.550. The van der Waals surface area contributed by atoms with Crippen LogP contribution in [0, 0.1) is 5.92 Å². The summed E-state index contributed by atoms with van der Waals surface area (Å²) in [5, 5.41) is 3.53. The summed E-state index contributed by atoms with van der Waals surface area (Å²) >= 11 is 0. The van der Waals surface area contributed by atoms with Gasteiger partial charge in [0.1, 0.15) is 0 Å².